The lowest BCUT2D eigenvalue weighted by atomic mass is 10.0. The average molecular weight is 284 g/mol. The summed E-state index contributed by atoms with van der Waals surface area (Å²) in [5, 5.41) is 13.5. The number of hydrogen-bond donors (Lipinski definition) is 1. The molecule has 0 aliphatic heterocycles. The lowest BCUT2D eigenvalue weighted by Crippen LogP contribution is -2.13. The van der Waals surface area contributed by atoms with Crippen LogP contribution in [0.1, 0.15) is 35.7 Å². The summed E-state index contributed by atoms with van der Waals surface area (Å²) in [6, 6.07) is 13.3. The Balaban J connectivity index is 2.20. The Morgan fingerprint density at radius 2 is 1.71 bits per heavy atom. The topological polar surface area (TPSA) is 72.2 Å². The fraction of sp³-hybridized carbons (Fsp3) is 0.188. The number of nitro benzene ring substituents is 1. The van der Waals surface area contributed by atoms with Gasteiger partial charge in [0.2, 0.25) is 0 Å². The number of carbonyl (C=O) groups excluding carboxylic acids is 1. The minimum absolute atomic E-state index is 0.121. The number of hydrogen-bond acceptors (Lipinski definition) is 3. The Hall–Kier alpha value is -2.69. The first-order valence-corrected chi connectivity index (χ1v) is 6.63. The molecule has 1 N–H and O–H groups in total. The van der Waals surface area contributed by atoms with Gasteiger partial charge in [-0.3, -0.25) is 14.9 Å². The third kappa shape index (κ3) is 3.45. The van der Waals surface area contributed by atoms with E-state index in [1.54, 1.807) is 24.3 Å². The zero-order valence-corrected chi connectivity index (χ0v) is 11.9. The molecule has 0 aliphatic rings. The number of anilines is 1. The lowest BCUT2D eigenvalue weighted by Gasteiger charge is -2.08. The van der Waals surface area contributed by atoms with Gasteiger partial charge in [0, 0.05) is 11.6 Å². The van der Waals surface area contributed by atoms with Crippen LogP contribution in [0.3, 0.4) is 0 Å². The van der Waals surface area contributed by atoms with Crippen LogP contribution < -0.4 is 5.32 Å². The summed E-state index contributed by atoms with van der Waals surface area (Å²) in [4.78, 5) is 22.5. The molecule has 1 amide bonds. The van der Waals surface area contributed by atoms with E-state index >= 15 is 0 Å². The highest BCUT2D eigenvalue weighted by Crippen LogP contribution is 2.24. The maximum atomic E-state index is 12.1. The highest BCUT2D eigenvalue weighted by Gasteiger charge is 2.15. The van der Waals surface area contributed by atoms with E-state index in [1.807, 2.05) is 12.1 Å². The first-order chi connectivity index (χ1) is 9.99. The maximum absolute atomic E-state index is 12.1. The van der Waals surface area contributed by atoms with Crippen LogP contribution in [0.5, 0.6) is 0 Å². The zero-order chi connectivity index (χ0) is 15.4. The van der Waals surface area contributed by atoms with Gasteiger partial charge in [-0.2, -0.15) is 0 Å². The van der Waals surface area contributed by atoms with Crippen molar-refractivity contribution >= 4 is 17.3 Å². The first-order valence-electron chi connectivity index (χ1n) is 6.63. The molecule has 0 aliphatic carbocycles. The SMILES string of the molecule is CC(C)c1ccc(C(=O)Nc2ccccc2[N+](=O)[O-])cc1. The van der Waals surface area contributed by atoms with E-state index in [9.17, 15) is 14.9 Å². The molecule has 0 heterocycles. The Bertz CT molecular complexity index is 663. The minimum atomic E-state index is -0.516. The van der Waals surface area contributed by atoms with E-state index in [2.05, 4.69) is 19.2 Å². The summed E-state index contributed by atoms with van der Waals surface area (Å²) in [6.45, 7) is 4.14. The lowest BCUT2D eigenvalue weighted by molar-refractivity contribution is -0.383. The number of para-hydroxylation sites is 2. The van der Waals surface area contributed by atoms with Crippen LogP contribution in [0.25, 0.3) is 0 Å². The fourth-order valence-electron chi connectivity index (χ4n) is 1.95. The summed E-state index contributed by atoms with van der Waals surface area (Å²) < 4.78 is 0. The van der Waals surface area contributed by atoms with Crippen LogP contribution in [0.15, 0.2) is 48.5 Å². The zero-order valence-electron chi connectivity index (χ0n) is 11.9. The van der Waals surface area contributed by atoms with E-state index in [-0.39, 0.29) is 17.3 Å². The van der Waals surface area contributed by atoms with Crippen LogP contribution in [0.2, 0.25) is 0 Å². The van der Waals surface area contributed by atoms with E-state index in [1.165, 1.54) is 12.1 Å². The smallest absolute Gasteiger partial charge is 0.292 e. The summed E-state index contributed by atoms with van der Waals surface area (Å²) in [6.07, 6.45) is 0. The molecule has 0 radical (unpaired) electrons. The predicted molar refractivity (Wildman–Crippen MR) is 81.6 cm³/mol. The molecule has 0 aromatic heterocycles. The molecule has 2 aromatic carbocycles. The van der Waals surface area contributed by atoms with E-state index in [4.69, 9.17) is 0 Å². The molecule has 21 heavy (non-hydrogen) atoms. The highest BCUT2D eigenvalue weighted by atomic mass is 16.6. The molecule has 108 valence electrons. The van der Waals surface area contributed by atoms with Crippen LogP contribution in [-0.2, 0) is 0 Å². The molecule has 0 atom stereocenters. The number of carbonyl (C=O) groups is 1. The minimum Gasteiger partial charge on any atom is -0.316 e. The average Bonchev–Trinajstić information content (AvgIpc) is 2.47. The highest BCUT2D eigenvalue weighted by molar-refractivity contribution is 6.05. The van der Waals surface area contributed by atoms with Crippen molar-refractivity contribution < 1.29 is 9.72 Å². The first kappa shape index (κ1) is 14.7. The standard InChI is InChI=1S/C16H16N2O3/c1-11(2)12-7-9-13(10-8-12)16(19)17-14-5-3-4-6-15(14)18(20)21/h3-11H,1-2H3,(H,17,19). The molecule has 2 rings (SSSR count). The normalized spacial score (nSPS) is 10.4. The molecule has 0 spiro atoms. The molecule has 5 nitrogen and oxygen atoms in total. The van der Waals surface area contributed by atoms with Gasteiger partial charge in [0.15, 0.2) is 0 Å². The summed E-state index contributed by atoms with van der Waals surface area (Å²) in [5.74, 6) is 0.0249. The molecule has 5 heteroatoms. The number of nitrogens with one attached hydrogen (secondary N) is 1. The Morgan fingerprint density at radius 1 is 1.10 bits per heavy atom. The third-order valence-corrected chi connectivity index (χ3v) is 3.19. The van der Waals surface area contributed by atoms with Gasteiger partial charge in [-0.15, -0.1) is 0 Å². The largest absolute Gasteiger partial charge is 0.316 e. The number of nitrogens with zero attached hydrogens (tertiary/aromatic N) is 1. The van der Waals surface area contributed by atoms with Gasteiger partial charge in [0.25, 0.3) is 11.6 Å². The van der Waals surface area contributed by atoms with Crippen molar-refractivity contribution in [3.8, 4) is 0 Å². The maximum Gasteiger partial charge on any atom is 0.292 e. The summed E-state index contributed by atoms with van der Waals surface area (Å²) in [7, 11) is 0. The second-order valence-electron chi connectivity index (χ2n) is 5.01. The molecule has 0 bridgehead atoms. The molecular weight excluding hydrogens is 268 g/mol. The molecule has 0 unspecified atom stereocenters. The quantitative estimate of drug-likeness (QED) is 0.682. The second-order valence-corrected chi connectivity index (χ2v) is 5.01. The fourth-order valence-corrected chi connectivity index (χ4v) is 1.95. The van der Waals surface area contributed by atoms with Gasteiger partial charge < -0.3 is 5.32 Å². The number of benzene rings is 2. The van der Waals surface area contributed by atoms with Gasteiger partial charge >= 0.3 is 0 Å². The van der Waals surface area contributed by atoms with Crippen molar-refractivity contribution in [1.82, 2.24) is 0 Å². The Kier molecular flexibility index (Phi) is 4.33. The monoisotopic (exact) mass is 284 g/mol. The van der Waals surface area contributed by atoms with Gasteiger partial charge in [-0.05, 0) is 29.7 Å². The predicted octanol–water partition coefficient (Wildman–Crippen LogP) is 3.97. The number of amides is 1. The van der Waals surface area contributed by atoms with Gasteiger partial charge in [0.1, 0.15) is 5.69 Å². The van der Waals surface area contributed by atoms with Gasteiger partial charge in [-0.1, -0.05) is 38.1 Å². The van der Waals surface area contributed by atoms with Crippen LogP contribution in [0.4, 0.5) is 11.4 Å². The summed E-state index contributed by atoms with van der Waals surface area (Å²) >= 11 is 0. The number of rotatable bonds is 4. The number of nitro groups is 1. The van der Waals surface area contributed by atoms with Crippen molar-refractivity contribution in [2.24, 2.45) is 0 Å². The second kappa shape index (κ2) is 6.17. The molecule has 2 aromatic rings. The molecule has 0 saturated heterocycles. The van der Waals surface area contributed by atoms with Crippen molar-refractivity contribution in [3.05, 3.63) is 69.8 Å². The van der Waals surface area contributed by atoms with Crippen molar-refractivity contribution in [1.29, 1.82) is 0 Å². The molecule has 0 saturated carbocycles. The van der Waals surface area contributed by atoms with Gasteiger partial charge in [-0.25, -0.2) is 0 Å². The van der Waals surface area contributed by atoms with E-state index < -0.39 is 4.92 Å². The third-order valence-electron chi connectivity index (χ3n) is 3.19. The molecule has 0 fully saturated rings. The van der Waals surface area contributed by atoms with Crippen molar-refractivity contribution in [2.45, 2.75) is 19.8 Å². The summed E-state index contributed by atoms with van der Waals surface area (Å²) in [5.41, 5.74) is 1.68. The van der Waals surface area contributed by atoms with Crippen LogP contribution >= 0.6 is 0 Å². The Labute approximate surface area is 122 Å². The molecular formula is C16H16N2O3. The van der Waals surface area contributed by atoms with E-state index in [0.29, 0.717) is 11.5 Å². The van der Waals surface area contributed by atoms with Crippen LogP contribution in [0, 0.1) is 10.1 Å². The van der Waals surface area contributed by atoms with Crippen molar-refractivity contribution in [2.75, 3.05) is 5.32 Å². The van der Waals surface area contributed by atoms with Crippen LogP contribution in [-0.4, -0.2) is 10.8 Å². The van der Waals surface area contributed by atoms with Gasteiger partial charge in [0.05, 0.1) is 4.92 Å². The Morgan fingerprint density at radius 3 is 2.29 bits per heavy atom. The van der Waals surface area contributed by atoms with E-state index in [0.717, 1.165) is 5.56 Å². The van der Waals surface area contributed by atoms with Crippen molar-refractivity contribution in [3.63, 3.8) is 0 Å².